The van der Waals surface area contributed by atoms with Crippen LogP contribution in [-0.2, 0) is 4.79 Å². The Morgan fingerprint density at radius 2 is 2.04 bits per heavy atom. The van der Waals surface area contributed by atoms with Crippen LogP contribution in [0.3, 0.4) is 0 Å². The first-order valence-corrected chi connectivity index (χ1v) is 8.96. The Bertz CT molecular complexity index is 839. The number of carbonyl (C=O) groups excluding carboxylic acids is 1. The third-order valence-electron chi connectivity index (χ3n) is 3.23. The van der Waals surface area contributed by atoms with Gasteiger partial charge >= 0.3 is 0 Å². The van der Waals surface area contributed by atoms with Crippen LogP contribution in [0.2, 0.25) is 0 Å². The summed E-state index contributed by atoms with van der Waals surface area (Å²) in [6.07, 6.45) is 0. The predicted molar refractivity (Wildman–Crippen MR) is 92.8 cm³/mol. The van der Waals surface area contributed by atoms with Crippen molar-refractivity contribution in [2.24, 2.45) is 0 Å². The van der Waals surface area contributed by atoms with E-state index in [4.69, 9.17) is 4.42 Å². The fraction of sp³-hybridized carbons (Fsp3) is 0.188. The second-order valence-electron chi connectivity index (χ2n) is 5.00. The zero-order valence-corrected chi connectivity index (χ0v) is 14.6. The van der Waals surface area contributed by atoms with Crippen molar-refractivity contribution in [2.45, 2.75) is 19.1 Å². The van der Waals surface area contributed by atoms with Crippen LogP contribution in [0, 0.1) is 19.7 Å². The van der Waals surface area contributed by atoms with Crippen LogP contribution in [0.5, 0.6) is 0 Å². The molecule has 2 aromatic heterocycles. The Morgan fingerprint density at radius 1 is 1.29 bits per heavy atom. The van der Waals surface area contributed by atoms with Crippen molar-refractivity contribution in [3.63, 3.8) is 0 Å². The molecule has 0 aliphatic carbocycles. The number of carbonyl (C=O) groups is 1. The standard InChI is InChI=1S/C16H14FN3O2S2/c1-9-10(2)22-16(18-9)24-8-14(21)20-15-19-13(7-23-15)11-3-5-12(17)6-4-11/h3-7H,8H2,1-2H3,(H,19,20,21). The van der Waals surface area contributed by atoms with E-state index in [9.17, 15) is 9.18 Å². The molecule has 0 fully saturated rings. The number of rotatable bonds is 5. The summed E-state index contributed by atoms with van der Waals surface area (Å²) < 4.78 is 18.4. The normalized spacial score (nSPS) is 10.8. The van der Waals surface area contributed by atoms with E-state index >= 15 is 0 Å². The fourth-order valence-corrected chi connectivity index (χ4v) is 3.32. The highest BCUT2D eigenvalue weighted by Crippen LogP contribution is 2.25. The predicted octanol–water partition coefficient (Wildman–Crippen LogP) is 4.28. The maximum atomic E-state index is 12.9. The van der Waals surface area contributed by atoms with E-state index in [1.807, 2.05) is 19.2 Å². The van der Waals surface area contributed by atoms with Crippen LogP contribution in [0.1, 0.15) is 11.5 Å². The molecule has 0 atom stereocenters. The lowest BCUT2D eigenvalue weighted by molar-refractivity contribution is -0.113. The number of hydrogen-bond donors (Lipinski definition) is 1. The van der Waals surface area contributed by atoms with Crippen molar-refractivity contribution in [1.29, 1.82) is 0 Å². The topological polar surface area (TPSA) is 68.0 Å². The van der Waals surface area contributed by atoms with Crippen molar-refractivity contribution in [2.75, 3.05) is 11.1 Å². The molecule has 3 aromatic rings. The third kappa shape index (κ3) is 4.01. The molecule has 0 bridgehead atoms. The Kier molecular flexibility index (Phi) is 4.96. The minimum Gasteiger partial charge on any atom is -0.437 e. The number of nitrogens with one attached hydrogen (secondary N) is 1. The van der Waals surface area contributed by atoms with E-state index in [0.29, 0.717) is 16.0 Å². The first kappa shape index (κ1) is 16.7. The maximum Gasteiger partial charge on any atom is 0.256 e. The minimum atomic E-state index is -0.295. The number of anilines is 1. The molecule has 8 heteroatoms. The largest absolute Gasteiger partial charge is 0.437 e. The van der Waals surface area contributed by atoms with Gasteiger partial charge in [0.05, 0.1) is 17.1 Å². The summed E-state index contributed by atoms with van der Waals surface area (Å²) in [6.45, 7) is 3.69. The van der Waals surface area contributed by atoms with E-state index < -0.39 is 0 Å². The summed E-state index contributed by atoms with van der Waals surface area (Å²) >= 11 is 2.55. The zero-order valence-electron chi connectivity index (χ0n) is 13.0. The van der Waals surface area contributed by atoms with Crippen molar-refractivity contribution < 1.29 is 13.6 Å². The number of thioether (sulfide) groups is 1. The molecule has 1 N–H and O–H groups in total. The molecule has 0 saturated carbocycles. The molecule has 2 heterocycles. The van der Waals surface area contributed by atoms with Gasteiger partial charge in [-0.2, -0.15) is 0 Å². The Morgan fingerprint density at radius 3 is 2.71 bits per heavy atom. The lowest BCUT2D eigenvalue weighted by Crippen LogP contribution is -2.13. The number of hydrogen-bond acceptors (Lipinski definition) is 6. The second kappa shape index (κ2) is 7.14. The number of benzene rings is 1. The molecule has 1 amide bonds. The molecule has 0 unspecified atom stereocenters. The van der Waals surface area contributed by atoms with E-state index in [1.54, 1.807) is 12.1 Å². The van der Waals surface area contributed by atoms with Gasteiger partial charge in [0.1, 0.15) is 11.6 Å². The van der Waals surface area contributed by atoms with Gasteiger partial charge in [-0.3, -0.25) is 4.79 Å². The smallest absolute Gasteiger partial charge is 0.256 e. The summed E-state index contributed by atoms with van der Waals surface area (Å²) in [6, 6.07) is 6.06. The number of nitrogens with zero attached hydrogens (tertiary/aromatic N) is 2. The molecule has 1 aromatic carbocycles. The fourth-order valence-electron chi connectivity index (χ4n) is 1.87. The number of aromatic nitrogens is 2. The molecule has 24 heavy (non-hydrogen) atoms. The summed E-state index contributed by atoms with van der Waals surface area (Å²) in [5.41, 5.74) is 2.32. The molecule has 0 radical (unpaired) electrons. The van der Waals surface area contributed by atoms with Gasteiger partial charge in [0.2, 0.25) is 5.91 Å². The summed E-state index contributed by atoms with van der Waals surface area (Å²) in [5, 5.41) is 5.53. The molecule has 3 rings (SSSR count). The van der Waals surface area contributed by atoms with Crippen LogP contribution < -0.4 is 5.32 Å². The lowest BCUT2D eigenvalue weighted by Gasteiger charge is -1.99. The van der Waals surface area contributed by atoms with Crippen LogP contribution in [0.15, 0.2) is 39.3 Å². The molecule has 0 spiro atoms. The highest BCUT2D eigenvalue weighted by atomic mass is 32.2. The summed E-state index contributed by atoms with van der Waals surface area (Å²) in [7, 11) is 0. The number of oxazole rings is 1. The molecule has 5 nitrogen and oxygen atoms in total. The Balaban J connectivity index is 1.58. The molecule has 124 valence electrons. The lowest BCUT2D eigenvalue weighted by atomic mass is 10.2. The van der Waals surface area contributed by atoms with E-state index in [2.05, 4.69) is 15.3 Å². The SMILES string of the molecule is Cc1nc(SCC(=O)Nc2nc(-c3ccc(F)cc3)cs2)oc1C. The zero-order chi connectivity index (χ0) is 17.1. The van der Waals surface area contributed by atoms with Gasteiger partial charge in [0.15, 0.2) is 5.13 Å². The maximum absolute atomic E-state index is 12.9. The molecular weight excluding hydrogens is 349 g/mol. The van der Waals surface area contributed by atoms with Gasteiger partial charge in [-0.15, -0.1) is 11.3 Å². The molecular formula is C16H14FN3O2S2. The Hall–Kier alpha value is -2.19. The van der Waals surface area contributed by atoms with Crippen molar-refractivity contribution in [3.8, 4) is 11.3 Å². The summed E-state index contributed by atoms with van der Waals surface area (Å²) in [5.74, 6) is 0.456. The van der Waals surface area contributed by atoms with E-state index in [-0.39, 0.29) is 17.5 Å². The van der Waals surface area contributed by atoms with Crippen LogP contribution in [-0.4, -0.2) is 21.6 Å². The van der Waals surface area contributed by atoms with Gasteiger partial charge < -0.3 is 9.73 Å². The molecule has 0 aliphatic rings. The van der Waals surface area contributed by atoms with Crippen LogP contribution >= 0.6 is 23.1 Å². The van der Waals surface area contributed by atoms with Gasteiger partial charge in [-0.1, -0.05) is 11.8 Å². The van der Waals surface area contributed by atoms with Crippen molar-refractivity contribution in [1.82, 2.24) is 9.97 Å². The third-order valence-corrected chi connectivity index (χ3v) is 4.81. The molecule has 0 aliphatic heterocycles. The molecule has 0 saturated heterocycles. The minimum absolute atomic E-state index is 0.185. The average molecular weight is 363 g/mol. The van der Waals surface area contributed by atoms with E-state index in [0.717, 1.165) is 17.0 Å². The van der Waals surface area contributed by atoms with Crippen LogP contribution in [0.25, 0.3) is 11.3 Å². The monoisotopic (exact) mass is 363 g/mol. The van der Waals surface area contributed by atoms with Crippen molar-refractivity contribution in [3.05, 3.63) is 46.9 Å². The highest BCUT2D eigenvalue weighted by Gasteiger charge is 2.11. The quantitative estimate of drug-likeness (QED) is 0.685. The van der Waals surface area contributed by atoms with Crippen molar-refractivity contribution >= 4 is 34.1 Å². The second-order valence-corrected chi connectivity index (χ2v) is 6.79. The van der Waals surface area contributed by atoms with Gasteiger partial charge in [0, 0.05) is 10.9 Å². The number of aryl methyl sites for hydroxylation is 2. The number of thiazole rings is 1. The highest BCUT2D eigenvalue weighted by molar-refractivity contribution is 7.99. The number of halogens is 1. The first-order valence-electron chi connectivity index (χ1n) is 7.09. The first-order chi connectivity index (χ1) is 11.5. The average Bonchev–Trinajstić information content (AvgIpc) is 3.13. The number of amides is 1. The van der Waals surface area contributed by atoms with Gasteiger partial charge in [-0.05, 0) is 38.1 Å². The Labute approximate surface area is 146 Å². The van der Waals surface area contributed by atoms with Gasteiger partial charge in [0.25, 0.3) is 5.22 Å². The van der Waals surface area contributed by atoms with E-state index in [1.165, 1.54) is 35.2 Å². The summed E-state index contributed by atoms with van der Waals surface area (Å²) in [4.78, 5) is 20.5. The van der Waals surface area contributed by atoms with Gasteiger partial charge in [-0.25, -0.2) is 14.4 Å². The van der Waals surface area contributed by atoms with Crippen LogP contribution in [0.4, 0.5) is 9.52 Å².